The van der Waals surface area contributed by atoms with Crippen LogP contribution in [0.4, 0.5) is 34.1 Å². The lowest BCUT2D eigenvalue weighted by atomic mass is 9.33. The third-order valence-corrected chi connectivity index (χ3v) is 14.5. The van der Waals surface area contributed by atoms with Crippen LogP contribution in [0.3, 0.4) is 0 Å². The van der Waals surface area contributed by atoms with Crippen LogP contribution in [0, 0.1) is 12.3 Å². The molecule has 9 aromatic rings. The molecule has 0 saturated carbocycles. The van der Waals surface area contributed by atoms with Gasteiger partial charge in [-0.15, -0.1) is 0 Å². The van der Waals surface area contributed by atoms with Gasteiger partial charge in [-0.05, 0) is 181 Å². The first-order chi connectivity index (χ1) is 31.1. The number of anilines is 6. The van der Waals surface area contributed by atoms with E-state index in [2.05, 4.69) is 206 Å². The van der Waals surface area contributed by atoms with Crippen LogP contribution < -0.4 is 26.2 Å². The van der Waals surface area contributed by atoms with Crippen molar-refractivity contribution in [1.29, 1.82) is 0 Å². The SMILES string of the molecule is Cc1cc2c3c(c1)N(c1cc(-c4cccc5occc45)cc(-c4cccc5occc45)c1)c1cc4c(cc1B3c1cc(C(C)(C)C)ccc1N2c1ccc(C(C)(C)C)cc1)CC(C)(C)C4. The molecular weight excluding hydrogens is 791 g/mol. The number of nitrogens with zero attached hydrogens (tertiary/aromatic N) is 2. The molecule has 0 bridgehead atoms. The van der Waals surface area contributed by atoms with Gasteiger partial charge in [0.2, 0.25) is 0 Å². The fourth-order valence-electron chi connectivity index (χ4n) is 11.4. The largest absolute Gasteiger partial charge is 0.464 e. The Kier molecular flexibility index (Phi) is 8.52. The molecule has 0 amide bonds. The molecule has 0 atom stereocenters. The summed E-state index contributed by atoms with van der Waals surface area (Å²) in [7, 11) is 0. The quantitative estimate of drug-likeness (QED) is 0.165. The van der Waals surface area contributed by atoms with Gasteiger partial charge in [0, 0.05) is 44.9 Å². The predicted molar refractivity (Wildman–Crippen MR) is 274 cm³/mol. The summed E-state index contributed by atoms with van der Waals surface area (Å²) < 4.78 is 12.0. The molecule has 0 radical (unpaired) electrons. The van der Waals surface area contributed by atoms with E-state index in [1.54, 1.807) is 12.5 Å². The van der Waals surface area contributed by atoms with Gasteiger partial charge in [0.05, 0.1) is 12.5 Å². The molecule has 4 heterocycles. The van der Waals surface area contributed by atoms with Crippen molar-refractivity contribution in [3.8, 4) is 22.3 Å². The third kappa shape index (κ3) is 6.33. The van der Waals surface area contributed by atoms with Crippen LogP contribution in [0.25, 0.3) is 44.2 Å². The normalized spacial score (nSPS) is 15.1. The molecule has 2 aromatic heterocycles. The van der Waals surface area contributed by atoms with Crippen LogP contribution in [-0.4, -0.2) is 6.71 Å². The van der Waals surface area contributed by atoms with Crippen LogP contribution in [-0.2, 0) is 23.7 Å². The Bertz CT molecular complexity index is 3320. The van der Waals surface area contributed by atoms with E-state index in [4.69, 9.17) is 8.83 Å². The molecule has 0 spiro atoms. The summed E-state index contributed by atoms with van der Waals surface area (Å²) in [6, 6.07) is 50.9. The molecular formula is C60H55BN2O2. The summed E-state index contributed by atoms with van der Waals surface area (Å²) in [4.78, 5) is 5.16. The molecule has 7 aromatic carbocycles. The smallest absolute Gasteiger partial charge is 0.252 e. The molecule has 320 valence electrons. The summed E-state index contributed by atoms with van der Waals surface area (Å²) in [6.45, 7) is 21.1. The lowest BCUT2D eigenvalue weighted by molar-refractivity contribution is 0.392. The van der Waals surface area contributed by atoms with E-state index in [9.17, 15) is 0 Å². The van der Waals surface area contributed by atoms with E-state index >= 15 is 0 Å². The van der Waals surface area contributed by atoms with Crippen molar-refractivity contribution in [2.24, 2.45) is 5.41 Å². The Morgan fingerprint density at radius 2 is 1.05 bits per heavy atom. The number of hydrogen-bond acceptors (Lipinski definition) is 4. The summed E-state index contributed by atoms with van der Waals surface area (Å²) >= 11 is 0. The summed E-state index contributed by atoms with van der Waals surface area (Å²) in [5.41, 5.74) is 24.7. The lowest BCUT2D eigenvalue weighted by Gasteiger charge is -2.45. The molecule has 0 unspecified atom stereocenters. The first-order valence-electron chi connectivity index (χ1n) is 23.3. The number of fused-ring (bicyclic) bond motifs is 7. The second-order valence-electron chi connectivity index (χ2n) is 21.9. The maximum Gasteiger partial charge on any atom is 0.252 e. The minimum absolute atomic E-state index is 0.0252. The van der Waals surface area contributed by atoms with E-state index in [1.165, 1.54) is 72.6 Å². The first kappa shape index (κ1) is 39.8. The topological polar surface area (TPSA) is 32.8 Å². The number of aryl methyl sites for hydroxylation is 1. The Morgan fingerprint density at radius 3 is 1.63 bits per heavy atom. The van der Waals surface area contributed by atoms with Crippen LogP contribution in [0.5, 0.6) is 0 Å². The highest BCUT2D eigenvalue weighted by Gasteiger charge is 2.45. The Hall–Kier alpha value is -6.72. The van der Waals surface area contributed by atoms with Gasteiger partial charge in [0.25, 0.3) is 6.71 Å². The van der Waals surface area contributed by atoms with E-state index in [0.29, 0.717) is 0 Å². The standard InChI is InChI=1S/C60H55BN2O2/c1-36-26-53-57-54(27-36)63(44-29-37(45-12-10-14-55-47(45)22-24-64-55)28-38(30-44)46-13-11-15-56-48(46)23-25-65-56)52-32-40-35-60(8,9)34-39(40)31-49(52)61(57)50-33-42(59(5,6)7)18-21-51(50)62(53)43-19-16-41(17-20-43)58(2,3)4/h10-33H,34-35H2,1-9H3. The molecule has 0 N–H and O–H groups in total. The van der Waals surface area contributed by atoms with Crippen molar-refractivity contribution >= 4 is 79.2 Å². The van der Waals surface area contributed by atoms with Gasteiger partial charge in [-0.2, -0.15) is 0 Å². The number of hydrogen-bond donors (Lipinski definition) is 0. The van der Waals surface area contributed by atoms with E-state index in [-0.39, 0.29) is 23.0 Å². The van der Waals surface area contributed by atoms with Crippen LogP contribution in [0.1, 0.15) is 83.2 Å². The first-order valence-corrected chi connectivity index (χ1v) is 23.3. The van der Waals surface area contributed by atoms with Crippen molar-refractivity contribution in [2.45, 2.75) is 86.0 Å². The zero-order valence-corrected chi connectivity index (χ0v) is 39.1. The van der Waals surface area contributed by atoms with E-state index < -0.39 is 0 Å². The molecule has 4 nitrogen and oxygen atoms in total. The lowest BCUT2D eigenvalue weighted by Crippen LogP contribution is -2.61. The third-order valence-electron chi connectivity index (χ3n) is 14.5. The molecule has 3 aliphatic rings. The highest BCUT2D eigenvalue weighted by Crippen LogP contribution is 2.49. The van der Waals surface area contributed by atoms with Crippen molar-refractivity contribution in [1.82, 2.24) is 0 Å². The van der Waals surface area contributed by atoms with Crippen LogP contribution in [0.15, 0.2) is 155 Å². The van der Waals surface area contributed by atoms with Crippen molar-refractivity contribution < 1.29 is 8.83 Å². The molecule has 65 heavy (non-hydrogen) atoms. The van der Waals surface area contributed by atoms with Crippen LogP contribution in [0.2, 0.25) is 0 Å². The minimum Gasteiger partial charge on any atom is -0.464 e. The monoisotopic (exact) mass is 846 g/mol. The Labute approximate surface area is 383 Å². The fourth-order valence-corrected chi connectivity index (χ4v) is 11.4. The maximum atomic E-state index is 6.00. The van der Waals surface area contributed by atoms with E-state index in [0.717, 1.165) is 62.7 Å². The highest BCUT2D eigenvalue weighted by atomic mass is 16.3. The summed E-state index contributed by atoms with van der Waals surface area (Å²) in [5.74, 6) is 0. The van der Waals surface area contributed by atoms with Gasteiger partial charge < -0.3 is 18.6 Å². The van der Waals surface area contributed by atoms with Gasteiger partial charge in [-0.25, -0.2) is 0 Å². The van der Waals surface area contributed by atoms with Crippen molar-refractivity contribution in [2.75, 3.05) is 9.80 Å². The second kappa shape index (κ2) is 13.9. The van der Waals surface area contributed by atoms with Gasteiger partial charge in [-0.1, -0.05) is 110 Å². The average molecular weight is 847 g/mol. The van der Waals surface area contributed by atoms with Gasteiger partial charge in [0.1, 0.15) is 11.2 Å². The summed E-state index contributed by atoms with van der Waals surface area (Å²) in [6.07, 6.45) is 5.73. The van der Waals surface area contributed by atoms with Gasteiger partial charge in [-0.3, -0.25) is 0 Å². The van der Waals surface area contributed by atoms with Crippen LogP contribution >= 0.6 is 0 Å². The Morgan fingerprint density at radius 1 is 0.508 bits per heavy atom. The number of benzene rings is 7. The van der Waals surface area contributed by atoms with Crippen molar-refractivity contribution in [3.63, 3.8) is 0 Å². The predicted octanol–water partition coefficient (Wildman–Crippen LogP) is 14.6. The highest BCUT2D eigenvalue weighted by molar-refractivity contribution is 7.00. The molecule has 2 aliphatic heterocycles. The molecule has 12 rings (SSSR count). The maximum absolute atomic E-state index is 6.00. The van der Waals surface area contributed by atoms with Crippen molar-refractivity contribution in [3.05, 3.63) is 174 Å². The van der Waals surface area contributed by atoms with Gasteiger partial charge >= 0.3 is 0 Å². The average Bonchev–Trinajstić information content (AvgIpc) is 4.02. The zero-order valence-electron chi connectivity index (χ0n) is 39.1. The van der Waals surface area contributed by atoms with Gasteiger partial charge in [0.15, 0.2) is 0 Å². The molecule has 0 saturated heterocycles. The number of rotatable bonds is 4. The Balaban J connectivity index is 1.18. The molecule has 5 heteroatoms. The minimum atomic E-state index is -0.0252. The van der Waals surface area contributed by atoms with E-state index in [1.807, 2.05) is 0 Å². The second-order valence-corrected chi connectivity index (χ2v) is 21.9. The molecule has 1 aliphatic carbocycles. The number of furan rings is 2. The summed E-state index contributed by atoms with van der Waals surface area (Å²) in [5, 5.41) is 2.20. The molecule has 0 fully saturated rings. The fraction of sp³-hybridized carbons (Fsp3) is 0.233. The zero-order chi connectivity index (χ0) is 44.7.